The third kappa shape index (κ3) is 6.26. The van der Waals surface area contributed by atoms with Crippen molar-refractivity contribution in [3.8, 4) is 0 Å². The van der Waals surface area contributed by atoms with E-state index in [4.69, 9.17) is 4.74 Å². The molecule has 2 aliphatic rings. The summed E-state index contributed by atoms with van der Waals surface area (Å²) in [6, 6.07) is 0.106. The predicted molar refractivity (Wildman–Crippen MR) is 88.6 cm³/mol. The van der Waals surface area contributed by atoms with Crippen molar-refractivity contribution in [3.05, 3.63) is 0 Å². The van der Waals surface area contributed by atoms with Gasteiger partial charge in [-0.25, -0.2) is 0 Å². The number of ether oxygens (including phenoxy) is 1. The summed E-state index contributed by atoms with van der Waals surface area (Å²) in [5, 5.41) is 6.31. The molecule has 6 nitrogen and oxygen atoms in total. The van der Waals surface area contributed by atoms with Crippen LogP contribution in [0.3, 0.4) is 0 Å². The fourth-order valence-corrected chi connectivity index (χ4v) is 2.77. The van der Waals surface area contributed by atoms with Gasteiger partial charge < -0.3 is 20.3 Å². The predicted octanol–water partition coefficient (Wildman–Crippen LogP) is -0.429. The minimum atomic E-state index is 0. The molecule has 1 amide bonds. The smallest absolute Gasteiger partial charge is 0.234 e. The summed E-state index contributed by atoms with van der Waals surface area (Å²) in [6.07, 6.45) is 0.0980. The Hall–Kier alpha value is -0.110. The van der Waals surface area contributed by atoms with Gasteiger partial charge in [-0.15, -0.1) is 24.8 Å². The maximum Gasteiger partial charge on any atom is 0.234 e. The van der Waals surface area contributed by atoms with Gasteiger partial charge in [0.25, 0.3) is 0 Å². The van der Waals surface area contributed by atoms with Crippen molar-refractivity contribution in [3.63, 3.8) is 0 Å². The lowest BCUT2D eigenvalue weighted by atomic mass is 10.2. The summed E-state index contributed by atoms with van der Waals surface area (Å²) in [4.78, 5) is 16.7. The number of piperazine rings is 1. The van der Waals surface area contributed by atoms with Crippen LogP contribution in [0.1, 0.15) is 6.92 Å². The molecule has 0 unspecified atom stereocenters. The molecule has 126 valence electrons. The Kier molecular flexibility index (Phi) is 10.5. The standard InChI is InChI=1S/C13H26N4O2.2ClH/c1-3-16-4-6-17(7-5-16)10-13(18)15-11-8-14-9-12(11)19-2;;/h11-12,14H,3-10H2,1-2H3,(H,15,18);2*1H/t11-,12-;;/m0../s1. The first kappa shape index (κ1) is 20.9. The molecule has 2 saturated heterocycles. The highest BCUT2D eigenvalue weighted by molar-refractivity contribution is 5.85. The number of carbonyl (C=O) groups is 1. The third-order valence-electron chi connectivity index (χ3n) is 4.09. The first-order valence-corrected chi connectivity index (χ1v) is 7.20. The molecule has 0 bridgehead atoms. The molecule has 2 aliphatic heterocycles. The van der Waals surface area contributed by atoms with Gasteiger partial charge in [0.15, 0.2) is 0 Å². The second kappa shape index (κ2) is 10.6. The van der Waals surface area contributed by atoms with E-state index in [1.807, 2.05) is 0 Å². The fourth-order valence-electron chi connectivity index (χ4n) is 2.77. The Labute approximate surface area is 139 Å². The topological polar surface area (TPSA) is 56.8 Å². The highest BCUT2D eigenvalue weighted by Gasteiger charge is 2.28. The molecular formula is C13H28Cl2N4O2. The number of methoxy groups -OCH3 is 1. The number of hydrogen-bond donors (Lipinski definition) is 2. The Bertz CT molecular complexity index is 302. The summed E-state index contributed by atoms with van der Waals surface area (Å²) in [5.74, 6) is 0.112. The molecule has 0 spiro atoms. The largest absolute Gasteiger partial charge is 0.378 e. The molecule has 2 N–H and O–H groups in total. The van der Waals surface area contributed by atoms with Gasteiger partial charge in [-0.1, -0.05) is 6.92 Å². The van der Waals surface area contributed by atoms with Crippen molar-refractivity contribution in [1.82, 2.24) is 20.4 Å². The number of amides is 1. The summed E-state index contributed by atoms with van der Waals surface area (Å²) < 4.78 is 5.35. The summed E-state index contributed by atoms with van der Waals surface area (Å²) >= 11 is 0. The number of nitrogens with zero attached hydrogens (tertiary/aromatic N) is 2. The lowest BCUT2D eigenvalue weighted by Gasteiger charge is -2.33. The number of likely N-dealkylation sites (N-methyl/N-ethyl adjacent to an activating group) is 1. The van der Waals surface area contributed by atoms with Gasteiger partial charge in [0.05, 0.1) is 18.7 Å². The maximum atomic E-state index is 12.0. The average molecular weight is 343 g/mol. The van der Waals surface area contributed by atoms with Crippen LogP contribution in [0, 0.1) is 0 Å². The third-order valence-corrected chi connectivity index (χ3v) is 4.09. The van der Waals surface area contributed by atoms with E-state index in [9.17, 15) is 4.79 Å². The second-order valence-corrected chi connectivity index (χ2v) is 5.32. The fraction of sp³-hybridized carbons (Fsp3) is 0.923. The van der Waals surface area contributed by atoms with Crippen LogP contribution in [0.5, 0.6) is 0 Å². The molecule has 0 saturated carbocycles. The minimum Gasteiger partial charge on any atom is -0.378 e. The van der Waals surface area contributed by atoms with E-state index in [0.29, 0.717) is 6.54 Å². The van der Waals surface area contributed by atoms with E-state index in [2.05, 4.69) is 27.4 Å². The Morgan fingerprint density at radius 3 is 2.38 bits per heavy atom. The molecule has 0 aromatic heterocycles. The highest BCUT2D eigenvalue weighted by Crippen LogP contribution is 2.04. The quantitative estimate of drug-likeness (QED) is 0.710. The van der Waals surface area contributed by atoms with E-state index < -0.39 is 0 Å². The molecule has 0 radical (unpaired) electrons. The number of nitrogens with one attached hydrogen (secondary N) is 2. The van der Waals surface area contributed by atoms with E-state index in [1.54, 1.807) is 7.11 Å². The zero-order valence-electron chi connectivity index (χ0n) is 12.8. The molecule has 2 atom stereocenters. The monoisotopic (exact) mass is 342 g/mol. The normalized spacial score (nSPS) is 26.8. The Morgan fingerprint density at radius 1 is 1.19 bits per heavy atom. The van der Waals surface area contributed by atoms with Crippen LogP contribution >= 0.6 is 24.8 Å². The molecule has 0 aromatic rings. The molecule has 21 heavy (non-hydrogen) atoms. The molecule has 0 aliphatic carbocycles. The van der Waals surface area contributed by atoms with Crippen LogP contribution in [0.4, 0.5) is 0 Å². The Morgan fingerprint density at radius 2 is 1.81 bits per heavy atom. The molecule has 8 heteroatoms. The van der Waals surface area contributed by atoms with E-state index in [-0.39, 0.29) is 42.9 Å². The van der Waals surface area contributed by atoms with Crippen molar-refractivity contribution >= 4 is 30.7 Å². The van der Waals surface area contributed by atoms with Crippen molar-refractivity contribution in [1.29, 1.82) is 0 Å². The first-order chi connectivity index (χ1) is 9.22. The van der Waals surface area contributed by atoms with Crippen molar-refractivity contribution < 1.29 is 9.53 Å². The van der Waals surface area contributed by atoms with Gasteiger partial charge in [-0.2, -0.15) is 0 Å². The van der Waals surface area contributed by atoms with Crippen LogP contribution in [-0.4, -0.2) is 87.3 Å². The zero-order chi connectivity index (χ0) is 13.7. The van der Waals surface area contributed by atoms with Gasteiger partial charge in [0.2, 0.25) is 5.91 Å². The molecule has 0 aromatic carbocycles. The number of rotatable bonds is 5. The average Bonchev–Trinajstić information content (AvgIpc) is 2.86. The summed E-state index contributed by atoms with van der Waals surface area (Å²) in [5.41, 5.74) is 0. The van der Waals surface area contributed by atoms with Gasteiger partial charge in [-0.05, 0) is 6.54 Å². The van der Waals surface area contributed by atoms with Gasteiger partial charge in [0, 0.05) is 46.4 Å². The van der Waals surface area contributed by atoms with Crippen molar-refractivity contribution in [2.24, 2.45) is 0 Å². The van der Waals surface area contributed by atoms with Crippen LogP contribution in [0.25, 0.3) is 0 Å². The van der Waals surface area contributed by atoms with Gasteiger partial charge >= 0.3 is 0 Å². The van der Waals surface area contributed by atoms with Crippen molar-refractivity contribution in [2.75, 3.05) is 59.5 Å². The van der Waals surface area contributed by atoms with Gasteiger partial charge in [0.1, 0.15) is 0 Å². The number of halogens is 2. The van der Waals surface area contributed by atoms with Crippen LogP contribution in [0.15, 0.2) is 0 Å². The molecule has 2 heterocycles. The molecular weight excluding hydrogens is 315 g/mol. The van der Waals surface area contributed by atoms with Gasteiger partial charge in [-0.3, -0.25) is 9.69 Å². The van der Waals surface area contributed by atoms with E-state index in [0.717, 1.165) is 45.8 Å². The summed E-state index contributed by atoms with van der Waals surface area (Å²) in [7, 11) is 1.70. The zero-order valence-corrected chi connectivity index (χ0v) is 14.5. The lowest BCUT2D eigenvalue weighted by molar-refractivity contribution is -0.124. The second-order valence-electron chi connectivity index (χ2n) is 5.32. The maximum absolute atomic E-state index is 12.0. The molecule has 2 rings (SSSR count). The van der Waals surface area contributed by atoms with E-state index in [1.165, 1.54) is 0 Å². The molecule has 2 fully saturated rings. The van der Waals surface area contributed by atoms with Crippen LogP contribution < -0.4 is 10.6 Å². The van der Waals surface area contributed by atoms with E-state index >= 15 is 0 Å². The number of carbonyl (C=O) groups excluding carboxylic acids is 1. The summed E-state index contributed by atoms with van der Waals surface area (Å²) in [6.45, 7) is 9.50. The van der Waals surface area contributed by atoms with Crippen LogP contribution in [-0.2, 0) is 9.53 Å². The lowest BCUT2D eigenvalue weighted by Crippen LogP contribution is -2.52. The minimum absolute atomic E-state index is 0. The highest BCUT2D eigenvalue weighted by atomic mass is 35.5. The SMILES string of the molecule is CCN1CCN(CC(=O)N[C@H]2CNC[C@@H]2OC)CC1.Cl.Cl. The van der Waals surface area contributed by atoms with Crippen molar-refractivity contribution in [2.45, 2.75) is 19.1 Å². The number of hydrogen-bond acceptors (Lipinski definition) is 5. The first-order valence-electron chi connectivity index (χ1n) is 7.20. The van der Waals surface area contributed by atoms with Crippen LogP contribution in [0.2, 0.25) is 0 Å². The Balaban J connectivity index is 0.00000200.